The highest BCUT2D eigenvalue weighted by molar-refractivity contribution is 7.18. The molecular weight excluding hydrogens is 562 g/mol. The zero-order chi connectivity index (χ0) is 28.8. The summed E-state index contributed by atoms with van der Waals surface area (Å²) in [6, 6.07) is 6.82. The highest BCUT2D eigenvalue weighted by Crippen LogP contribution is 2.47. The Morgan fingerprint density at radius 1 is 1.07 bits per heavy atom. The molecule has 0 aliphatic carbocycles. The third-order valence-corrected chi connectivity index (χ3v) is 9.36. The number of fused-ring (bicyclic) bond motifs is 2. The first-order chi connectivity index (χ1) is 20.5. The molecule has 2 fully saturated rings. The Bertz CT molecular complexity index is 1600. The number of methoxy groups -OCH3 is 1. The maximum Gasteiger partial charge on any atom is 0.138 e. The van der Waals surface area contributed by atoms with Crippen molar-refractivity contribution in [1.29, 1.82) is 0 Å². The van der Waals surface area contributed by atoms with Gasteiger partial charge in [-0.05, 0) is 24.4 Å². The van der Waals surface area contributed by atoms with E-state index in [1.807, 2.05) is 22.2 Å². The molecule has 0 bridgehead atoms. The van der Waals surface area contributed by atoms with Crippen LogP contribution in [0.5, 0.6) is 5.75 Å². The summed E-state index contributed by atoms with van der Waals surface area (Å²) in [6.45, 7) is 9.16. The molecule has 1 N–H and O–H groups in total. The summed E-state index contributed by atoms with van der Waals surface area (Å²) in [7, 11) is 1.56. The molecule has 0 amide bonds. The van der Waals surface area contributed by atoms with Crippen molar-refractivity contribution in [3.8, 4) is 28.3 Å². The lowest BCUT2D eigenvalue weighted by molar-refractivity contribution is -0.0660. The summed E-state index contributed by atoms with van der Waals surface area (Å²) in [4.78, 5) is 10.1. The van der Waals surface area contributed by atoms with Crippen LogP contribution in [-0.2, 0) is 16.0 Å². The van der Waals surface area contributed by atoms with E-state index in [-0.39, 0.29) is 30.6 Å². The summed E-state index contributed by atoms with van der Waals surface area (Å²) in [5.41, 5.74) is 3.01. The van der Waals surface area contributed by atoms with Gasteiger partial charge < -0.3 is 24.4 Å². The topological polar surface area (TPSA) is 76.9 Å². The van der Waals surface area contributed by atoms with E-state index in [1.165, 1.54) is 17.4 Å². The van der Waals surface area contributed by atoms with Crippen LogP contribution in [0.2, 0.25) is 0 Å². The second-order valence-electron chi connectivity index (χ2n) is 11.0. The van der Waals surface area contributed by atoms with Crippen LogP contribution in [0.25, 0.3) is 32.6 Å². The van der Waals surface area contributed by atoms with Gasteiger partial charge in [-0.1, -0.05) is 0 Å². The van der Waals surface area contributed by atoms with Gasteiger partial charge in [0.05, 0.1) is 43.7 Å². The van der Waals surface area contributed by atoms with Gasteiger partial charge in [0.2, 0.25) is 0 Å². The van der Waals surface area contributed by atoms with Gasteiger partial charge in [0.15, 0.2) is 0 Å². The lowest BCUT2D eigenvalue weighted by atomic mass is 9.98. The van der Waals surface area contributed by atoms with Crippen LogP contribution in [0.15, 0.2) is 29.6 Å². The monoisotopic (exact) mass is 596 g/mol. The number of thiophene rings is 1. The zero-order valence-corrected chi connectivity index (χ0v) is 24.6. The van der Waals surface area contributed by atoms with Gasteiger partial charge in [-0.15, -0.1) is 11.3 Å². The molecule has 222 valence electrons. The van der Waals surface area contributed by atoms with E-state index in [9.17, 15) is 4.39 Å². The Morgan fingerprint density at radius 3 is 2.64 bits per heavy atom. The average Bonchev–Trinajstić information content (AvgIpc) is 3.61. The second kappa shape index (κ2) is 11.5. The lowest BCUT2D eigenvalue weighted by Gasteiger charge is -2.43. The Labute approximate surface area is 247 Å². The predicted octanol–water partition coefficient (Wildman–Crippen LogP) is 4.32. The van der Waals surface area contributed by atoms with Gasteiger partial charge >= 0.3 is 0 Å². The Kier molecular flexibility index (Phi) is 7.57. The number of nitrogens with one attached hydrogen (secondary N) is 1. The van der Waals surface area contributed by atoms with Crippen molar-refractivity contribution in [1.82, 2.24) is 25.0 Å². The van der Waals surface area contributed by atoms with Gasteiger partial charge in [-0.2, -0.15) is 5.10 Å². The largest absolute Gasteiger partial charge is 0.490 e. The maximum atomic E-state index is 15.9. The number of aromatic nitrogens is 3. The van der Waals surface area contributed by atoms with Crippen LogP contribution in [0, 0.1) is 11.6 Å². The van der Waals surface area contributed by atoms with E-state index < -0.39 is 11.6 Å². The first kappa shape index (κ1) is 27.7. The van der Waals surface area contributed by atoms with Crippen molar-refractivity contribution >= 4 is 27.2 Å². The predicted molar refractivity (Wildman–Crippen MR) is 158 cm³/mol. The summed E-state index contributed by atoms with van der Waals surface area (Å²) in [5.74, 6) is -0.436. The number of halogens is 2. The average molecular weight is 597 g/mol. The van der Waals surface area contributed by atoms with Gasteiger partial charge in [-0.3, -0.25) is 9.58 Å². The number of ether oxygens (including phenoxy) is 3. The van der Waals surface area contributed by atoms with Crippen LogP contribution >= 0.6 is 11.3 Å². The number of hydrogen-bond acceptors (Lipinski definition) is 9. The quantitative estimate of drug-likeness (QED) is 0.302. The molecule has 12 heteroatoms. The van der Waals surface area contributed by atoms with E-state index in [0.717, 1.165) is 80.1 Å². The summed E-state index contributed by atoms with van der Waals surface area (Å²) >= 11 is 1.52. The van der Waals surface area contributed by atoms with Crippen molar-refractivity contribution in [2.45, 2.75) is 25.6 Å². The SMILES string of the molecule is COCCOc1cc(F)cc(F)c1-c1c(-c2cc3n(n2)CCNC3C)nc(N2CCN(C3COC3)CC2)c2ccsc12. The summed E-state index contributed by atoms with van der Waals surface area (Å²) in [6.07, 6.45) is 0. The summed E-state index contributed by atoms with van der Waals surface area (Å²) < 4.78 is 49.8. The van der Waals surface area contributed by atoms with Crippen molar-refractivity contribution in [3.63, 3.8) is 0 Å². The molecule has 3 aromatic heterocycles. The first-order valence-corrected chi connectivity index (χ1v) is 15.3. The smallest absolute Gasteiger partial charge is 0.138 e. The number of piperazine rings is 1. The second-order valence-corrected chi connectivity index (χ2v) is 11.9. The van der Waals surface area contributed by atoms with E-state index >= 15 is 4.39 Å². The Morgan fingerprint density at radius 2 is 1.90 bits per heavy atom. The van der Waals surface area contributed by atoms with Crippen molar-refractivity contribution < 1.29 is 23.0 Å². The van der Waals surface area contributed by atoms with Gasteiger partial charge in [0, 0.05) is 73.7 Å². The number of pyridine rings is 1. The van der Waals surface area contributed by atoms with Gasteiger partial charge in [0.25, 0.3) is 0 Å². The maximum absolute atomic E-state index is 15.9. The Balaban J connectivity index is 1.40. The minimum atomic E-state index is -0.705. The molecule has 0 saturated carbocycles. The molecule has 3 aliphatic rings. The van der Waals surface area contributed by atoms with Crippen molar-refractivity contribution in [2.24, 2.45) is 0 Å². The third-order valence-electron chi connectivity index (χ3n) is 8.42. The fourth-order valence-corrected chi connectivity index (χ4v) is 7.05. The standard InChI is InChI=1S/C30H34F2N6O3S/c1-18-24-15-23(35-38(24)5-4-33-18)28-27(26-22(32)13-19(31)14-25(26)41-11-10-39-2)29-21(3-12-42-29)30(34-28)37-8-6-36(7-9-37)20-16-40-17-20/h3,12-15,18,20,33H,4-11,16-17H2,1-2H3. The highest BCUT2D eigenvalue weighted by Gasteiger charge is 2.32. The first-order valence-electron chi connectivity index (χ1n) is 14.4. The minimum Gasteiger partial charge on any atom is -0.490 e. The molecule has 1 aromatic carbocycles. The van der Waals surface area contributed by atoms with E-state index in [0.29, 0.717) is 23.0 Å². The summed E-state index contributed by atoms with van der Waals surface area (Å²) in [5, 5.41) is 11.4. The number of anilines is 1. The van der Waals surface area contributed by atoms with Gasteiger partial charge in [-0.25, -0.2) is 13.8 Å². The van der Waals surface area contributed by atoms with Crippen LogP contribution in [-0.4, -0.2) is 92.0 Å². The number of benzene rings is 1. The Hall–Kier alpha value is -3.16. The fourth-order valence-electron chi connectivity index (χ4n) is 6.11. The van der Waals surface area contributed by atoms with E-state index in [1.54, 1.807) is 7.11 Å². The molecule has 7 rings (SSSR count). The highest BCUT2D eigenvalue weighted by atomic mass is 32.1. The fraction of sp³-hybridized carbons (Fsp3) is 0.467. The number of rotatable bonds is 8. The van der Waals surface area contributed by atoms with Crippen molar-refractivity contribution in [2.75, 3.05) is 71.2 Å². The molecule has 3 aliphatic heterocycles. The molecule has 0 radical (unpaired) electrons. The van der Waals surface area contributed by atoms with Crippen LogP contribution in [0.3, 0.4) is 0 Å². The van der Waals surface area contributed by atoms with Crippen LogP contribution in [0.1, 0.15) is 18.7 Å². The normalized spacial score (nSPS) is 19.7. The zero-order valence-electron chi connectivity index (χ0n) is 23.7. The number of nitrogens with zero attached hydrogens (tertiary/aromatic N) is 5. The number of hydrogen-bond donors (Lipinski definition) is 1. The van der Waals surface area contributed by atoms with Crippen LogP contribution in [0.4, 0.5) is 14.6 Å². The van der Waals surface area contributed by atoms with E-state index in [2.05, 4.69) is 22.0 Å². The molecule has 9 nitrogen and oxygen atoms in total. The van der Waals surface area contributed by atoms with Crippen molar-refractivity contribution in [3.05, 3.63) is 47.0 Å². The molecular formula is C30H34F2N6O3S. The molecule has 1 unspecified atom stereocenters. The molecule has 42 heavy (non-hydrogen) atoms. The molecule has 0 spiro atoms. The third kappa shape index (κ3) is 4.94. The van der Waals surface area contributed by atoms with E-state index in [4.69, 9.17) is 24.3 Å². The molecule has 1 atom stereocenters. The van der Waals surface area contributed by atoms with Gasteiger partial charge in [0.1, 0.15) is 41.2 Å². The van der Waals surface area contributed by atoms with Crippen LogP contribution < -0.4 is 15.0 Å². The minimum absolute atomic E-state index is 0.116. The lowest BCUT2D eigenvalue weighted by Crippen LogP contribution is -2.56. The molecule has 6 heterocycles. The molecule has 2 saturated heterocycles. The molecule has 4 aromatic rings.